The lowest BCUT2D eigenvalue weighted by Crippen LogP contribution is -2.26. The summed E-state index contributed by atoms with van der Waals surface area (Å²) in [5.74, 6) is 0. The van der Waals surface area contributed by atoms with Gasteiger partial charge in [-0.2, -0.15) is 9.40 Å². The van der Waals surface area contributed by atoms with E-state index in [1.54, 1.807) is 19.9 Å². The average Bonchev–Trinajstić information content (AvgIpc) is 2.93. The molecule has 1 aromatic heterocycles. The molecule has 0 saturated carbocycles. The predicted molar refractivity (Wildman–Crippen MR) is 75.3 cm³/mol. The van der Waals surface area contributed by atoms with Gasteiger partial charge in [-0.15, -0.1) is 0 Å². The monoisotopic (exact) mass is 292 g/mol. The van der Waals surface area contributed by atoms with Crippen molar-refractivity contribution in [3.8, 4) is 0 Å². The van der Waals surface area contributed by atoms with Crippen molar-refractivity contribution in [3.05, 3.63) is 40.7 Å². The standard InChI is InChI=1S/C13H16N4O2S/c1-8-13(9(2)16-15-8)20(18,19)17-6-10-3-4-12(14)5-11(10)7-17/h3-5H,6-7,14H2,1-2H3,(H,15,16). The van der Waals surface area contributed by atoms with E-state index < -0.39 is 10.0 Å². The van der Waals surface area contributed by atoms with Crippen LogP contribution in [-0.2, 0) is 23.1 Å². The van der Waals surface area contributed by atoms with Gasteiger partial charge < -0.3 is 5.73 Å². The maximum absolute atomic E-state index is 12.7. The minimum absolute atomic E-state index is 0.276. The summed E-state index contributed by atoms with van der Waals surface area (Å²) in [6, 6.07) is 5.51. The van der Waals surface area contributed by atoms with E-state index in [1.807, 2.05) is 12.1 Å². The molecule has 106 valence electrons. The summed E-state index contributed by atoms with van der Waals surface area (Å²) < 4.78 is 26.9. The van der Waals surface area contributed by atoms with E-state index in [9.17, 15) is 8.42 Å². The molecule has 3 rings (SSSR count). The van der Waals surface area contributed by atoms with E-state index in [0.29, 0.717) is 30.2 Å². The Kier molecular flexibility index (Phi) is 2.84. The lowest BCUT2D eigenvalue weighted by Gasteiger charge is -2.15. The number of nitrogens with two attached hydrogens (primary N) is 1. The van der Waals surface area contributed by atoms with Crippen LogP contribution in [0.15, 0.2) is 23.1 Å². The van der Waals surface area contributed by atoms with Gasteiger partial charge in [-0.25, -0.2) is 8.42 Å². The number of benzene rings is 1. The van der Waals surface area contributed by atoms with E-state index in [4.69, 9.17) is 5.73 Å². The molecule has 0 radical (unpaired) electrons. The van der Waals surface area contributed by atoms with E-state index in [0.717, 1.165) is 11.1 Å². The molecule has 3 N–H and O–H groups in total. The van der Waals surface area contributed by atoms with Gasteiger partial charge in [-0.05, 0) is 37.1 Å². The fourth-order valence-corrected chi connectivity index (χ4v) is 4.33. The molecule has 1 aliphatic heterocycles. The zero-order valence-electron chi connectivity index (χ0n) is 11.3. The van der Waals surface area contributed by atoms with Crippen LogP contribution in [0.25, 0.3) is 0 Å². The van der Waals surface area contributed by atoms with Gasteiger partial charge in [0.15, 0.2) is 0 Å². The van der Waals surface area contributed by atoms with Crippen LogP contribution in [0.2, 0.25) is 0 Å². The van der Waals surface area contributed by atoms with Gasteiger partial charge in [0.2, 0.25) is 10.0 Å². The van der Waals surface area contributed by atoms with Gasteiger partial charge in [0.25, 0.3) is 0 Å². The normalized spacial score (nSPS) is 15.5. The number of rotatable bonds is 2. The predicted octanol–water partition coefficient (Wildman–Crippen LogP) is 1.31. The molecule has 6 nitrogen and oxygen atoms in total. The zero-order chi connectivity index (χ0) is 14.5. The second kappa shape index (κ2) is 4.32. The number of aromatic nitrogens is 2. The number of anilines is 1. The van der Waals surface area contributed by atoms with Crippen molar-refractivity contribution in [1.82, 2.24) is 14.5 Å². The number of sulfonamides is 1. The van der Waals surface area contributed by atoms with Crippen LogP contribution in [0.5, 0.6) is 0 Å². The minimum Gasteiger partial charge on any atom is -0.399 e. The van der Waals surface area contributed by atoms with Crippen LogP contribution in [0.4, 0.5) is 5.69 Å². The lowest BCUT2D eigenvalue weighted by molar-refractivity contribution is 0.431. The van der Waals surface area contributed by atoms with Crippen LogP contribution in [0.3, 0.4) is 0 Å². The lowest BCUT2D eigenvalue weighted by atomic mass is 10.1. The van der Waals surface area contributed by atoms with Crippen molar-refractivity contribution in [1.29, 1.82) is 0 Å². The summed E-state index contributed by atoms with van der Waals surface area (Å²) in [6.07, 6.45) is 0. The Balaban J connectivity index is 2.00. The third-order valence-corrected chi connectivity index (χ3v) is 5.64. The summed E-state index contributed by atoms with van der Waals surface area (Å²) in [5, 5.41) is 6.69. The van der Waals surface area contributed by atoms with Gasteiger partial charge in [0.1, 0.15) is 4.90 Å². The zero-order valence-corrected chi connectivity index (χ0v) is 12.2. The number of hydrogen-bond acceptors (Lipinski definition) is 4. The highest BCUT2D eigenvalue weighted by atomic mass is 32.2. The van der Waals surface area contributed by atoms with E-state index in [1.165, 1.54) is 4.31 Å². The second-order valence-electron chi connectivity index (χ2n) is 5.06. The van der Waals surface area contributed by atoms with Gasteiger partial charge in [-0.1, -0.05) is 6.07 Å². The molecular formula is C13H16N4O2S. The Morgan fingerprint density at radius 3 is 2.60 bits per heavy atom. The van der Waals surface area contributed by atoms with Crippen molar-refractivity contribution in [2.45, 2.75) is 31.8 Å². The van der Waals surface area contributed by atoms with E-state index in [-0.39, 0.29) is 4.90 Å². The molecule has 7 heteroatoms. The first-order valence-corrected chi connectivity index (χ1v) is 7.72. The molecule has 2 heterocycles. The Bertz CT molecular complexity index is 760. The number of nitrogen functional groups attached to an aromatic ring is 1. The fourth-order valence-electron chi connectivity index (χ4n) is 2.60. The first-order valence-electron chi connectivity index (χ1n) is 6.28. The molecular weight excluding hydrogens is 276 g/mol. The van der Waals surface area contributed by atoms with Crippen molar-refractivity contribution in [3.63, 3.8) is 0 Å². The number of H-pyrrole nitrogens is 1. The highest BCUT2D eigenvalue weighted by Crippen LogP contribution is 2.31. The summed E-state index contributed by atoms with van der Waals surface area (Å²) >= 11 is 0. The molecule has 2 aromatic rings. The number of aryl methyl sites for hydroxylation is 2. The van der Waals surface area contributed by atoms with Crippen molar-refractivity contribution < 1.29 is 8.42 Å². The van der Waals surface area contributed by atoms with Gasteiger partial charge >= 0.3 is 0 Å². The largest absolute Gasteiger partial charge is 0.399 e. The molecule has 1 aliphatic rings. The summed E-state index contributed by atoms with van der Waals surface area (Å²) in [5.41, 5.74) is 9.43. The number of aromatic amines is 1. The summed E-state index contributed by atoms with van der Waals surface area (Å²) in [7, 11) is -3.54. The highest BCUT2D eigenvalue weighted by molar-refractivity contribution is 7.89. The SMILES string of the molecule is Cc1n[nH]c(C)c1S(=O)(=O)N1Cc2ccc(N)cc2C1. The quantitative estimate of drug-likeness (QED) is 0.816. The molecule has 0 amide bonds. The number of nitrogens with zero attached hydrogens (tertiary/aromatic N) is 2. The van der Waals surface area contributed by atoms with Crippen LogP contribution in [0, 0.1) is 13.8 Å². The van der Waals surface area contributed by atoms with Crippen LogP contribution < -0.4 is 5.73 Å². The summed E-state index contributed by atoms with van der Waals surface area (Å²) in [6.45, 7) is 4.14. The average molecular weight is 292 g/mol. The number of nitrogens with one attached hydrogen (secondary N) is 1. The summed E-state index contributed by atoms with van der Waals surface area (Å²) in [4.78, 5) is 0.276. The first-order chi connectivity index (χ1) is 9.39. The molecule has 0 fully saturated rings. The van der Waals surface area contributed by atoms with Gasteiger partial charge in [0, 0.05) is 18.8 Å². The third-order valence-electron chi connectivity index (χ3n) is 3.58. The second-order valence-corrected chi connectivity index (χ2v) is 6.94. The highest BCUT2D eigenvalue weighted by Gasteiger charge is 2.33. The smallest absolute Gasteiger partial charge is 0.247 e. The molecule has 0 unspecified atom stereocenters. The third kappa shape index (κ3) is 1.90. The maximum atomic E-state index is 12.7. The van der Waals surface area contributed by atoms with Crippen molar-refractivity contribution in [2.24, 2.45) is 0 Å². The van der Waals surface area contributed by atoms with Gasteiger partial charge in [0.05, 0.1) is 11.4 Å². The topological polar surface area (TPSA) is 92.1 Å². The molecule has 0 spiro atoms. The minimum atomic E-state index is -3.54. The van der Waals surface area contributed by atoms with Crippen LogP contribution in [0.1, 0.15) is 22.5 Å². The van der Waals surface area contributed by atoms with Gasteiger partial charge in [-0.3, -0.25) is 5.10 Å². The van der Waals surface area contributed by atoms with E-state index >= 15 is 0 Å². The van der Waals surface area contributed by atoms with Crippen molar-refractivity contribution in [2.75, 3.05) is 5.73 Å². The Hall–Kier alpha value is -1.86. The van der Waals surface area contributed by atoms with Crippen molar-refractivity contribution >= 4 is 15.7 Å². The molecule has 0 aliphatic carbocycles. The number of fused-ring (bicyclic) bond motifs is 1. The molecule has 0 saturated heterocycles. The molecule has 0 bridgehead atoms. The fraction of sp³-hybridized carbons (Fsp3) is 0.308. The Morgan fingerprint density at radius 1 is 1.25 bits per heavy atom. The molecule has 0 atom stereocenters. The molecule has 20 heavy (non-hydrogen) atoms. The van der Waals surface area contributed by atoms with Crippen LogP contribution >= 0.6 is 0 Å². The maximum Gasteiger partial charge on any atom is 0.247 e. The Morgan fingerprint density at radius 2 is 1.95 bits per heavy atom. The number of hydrogen-bond donors (Lipinski definition) is 2. The Labute approximate surface area is 117 Å². The first kappa shape index (κ1) is 13.1. The van der Waals surface area contributed by atoms with E-state index in [2.05, 4.69) is 10.2 Å². The van der Waals surface area contributed by atoms with Crippen LogP contribution in [-0.4, -0.2) is 22.9 Å². The molecule has 1 aromatic carbocycles.